The third kappa shape index (κ3) is 5.58. The fourth-order valence-electron chi connectivity index (χ4n) is 3.45. The normalized spacial score (nSPS) is 14.7. The summed E-state index contributed by atoms with van der Waals surface area (Å²) in [5.74, 6) is 0.0159. The molecule has 0 saturated carbocycles. The number of anilines is 1. The number of nitrogens with zero attached hydrogens (tertiary/aromatic N) is 2. The number of rotatable bonds is 7. The Bertz CT molecular complexity index is 1400. The highest BCUT2D eigenvalue weighted by atomic mass is 79.9. The fraction of sp³-hybridized carbons (Fsp3) is 0.160. The Morgan fingerprint density at radius 3 is 2.53 bits per heavy atom. The molecule has 2 aromatic carbocycles. The van der Waals surface area contributed by atoms with Crippen LogP contribution >= 0.6 is 27.7 Å². The number of carbonyl (C=O) groups excluding carboxylic acids is 3. The molecule has 1 N–H and O–H groups in total. The molecule has 36 heavy (non-hydrogen) atoms. The van der Waals surface area contributed by atoms with E-state index >= 15 is 0 Å². The van der Waals surface area contributed by atoms with E-state index in [9.17, 15) is 24.5 Å². The van der Waals surface area contributed by atoms with Crippen molar-refractivity contribution in [3.8, 4) is 11.3 Å². The first kappa shape index (κ1) is 25.4. The minimum absolute atomic E-state index is 0.0670. The highest BCUT2D eigenvalue weighted by Crippen LogP contribution is 2.35. The number of thioether (sulfide) groups is 1. The van der Waals surface area contributed by atoms with Crippen molar-refractivity contribution in [3.63, 3.8) is 0 Å². The van der Waals surface area contributed by atoms with Gasteiger partial charge in [-0.3, -0.25) is 29.4 Å². The van der Waals surface area contributed by atoms with Gasteiger partial charge in [-0.2, -0.15) is 0 Å². The van der Waals surface area contributed by atoms with Crippen LogP contribution in [-0.2, 0) is 9.59 Å². The van der Waals surface area contributed by atoms with Gasteiger partial charge in [-0.1, -0.05) is 26.0 Å². The lowest BCUT2D eigenvalue weighted by atomic mass is 10.0. The van der Waals surface area contributed by atoms with E-state index in [1.165, 1.54) is 18.2 Å². The number of nitro benzene ring substituents is 1. The molecule has 1 fully saturated rings. The molecule has 0 atom stereocenters. The highest BCUT2D eigenvalue weighted by Gasteiger charge is 2.36. The topological polar surface area (TPSA) is 123 Å². The van der Waals surface area contributed by atoms with Crippen LogP contribution in [0.2, 0.25) is 0 Å². The largest absolute Gasteiger partial charge is 0.457 e. The van der Waals surface area contributed by atoms with Gasteiger partial charge in [0.2, 0.25) is 5.91 Å². The number of benzene rings is 2. The molecule has 0 aliphatic carbocycles. The first-order chi connectivity index (χ1) is 17.1. The van der Waals surface area contributed by atoms with Gasteiger partial charge in [-0.05, 0) is 69.5 Å². The van der Waals surface area contributed by atoms with Crippen LogP contribution in [0.25, 0.3) is 17.4 Å². The molecule has 0 radical (unpaired) electrons. The molecule has 1 aliphatic heterocycles. The molecule has 0 bridgehead atoms. The van der Waals surface area contributed by atoms with Gasteiger partial charge in [-0.25, -0.2) is 0 Å². The van der Waals surface area contributed by atoms with Gasteiger partial charge in [0.1, 0.15) is 18.1 Å². The van der Waals surface area contributed by atoms with Crippen molar-refractivity contribution >= 4 is 62.2 Å². The van der Waals surface area contributed by atoms with E-state index in [0.29, 0.717) is 33.2 Å². The average molecular weight is 570 g/mol. The molecule has 0 spiro atoms. The summed E-state index contributed by atoms with van der Waals surface area (Å²) < 4.78 is 6.24. The number of carbonyl (C=O) groups is 3. The number of hydrogen-bond donors (Lipinski definition) is 1. The van der Waals surface area contributed by atoms with E-state index in [2.05, 4.69) is 35.1 Å². The van der Waals surface area contributed by atoms with Crippen molar-refractivity contribution in [3.05, 3.63) is 85.4 Å². The van der Waals surface area contributed by atoms with Crippen LogP contribution < -0.4 is 5.32 Å². The third-order valence-corrected chi connectivity index (χ3v) is 6.93. The Morgan fingerprint density at radius 2 is 1.89 bits per heavy atom. The van der Waals surface area contributed by atoms with E-state index in [1.807, 2.05) is 12.1 Å². The van der Waals surface area contributed by atoms with Crippen LogP contribution in [0.1, 0.15) is 31.1 Å². The monoisotopic (exact) mass is 569 g/mol. The Balaban J connectivity index is 1.44. The second kappa shape index (κ2) is 10.5. The molecule has 1 aromatic heterocycles. The number of amides is 3. The van der Waals surface area contributed by atoms with Crippen molar-refractivity contribution in [2.75, 3.05) is 11.9 Å². The van der Waals surface area contributed by atoms with E-state index in [1.54, 1.807) is 30.3 Å². The number of furan rings is 1. The number of halogens is 1. The summed E-state index contributed by atoms with van der Waals surface area (Å²) >= 11 is 4.02. The minimum atomic E-state index is -0.593. The van der Waals surface area contributed by atoms with E-state index in [0.717, 1.165) is 22.2 Å². The Labute approximate surface area is 218 Å². The van der Waals surface area contributed by atoms with E-state index < -0.39 is 28.5 Å². The Kier molecular flexibility index (Phi) is 7.41. The molecule has 1 saturated heterocycles. The maximum Gasteiger partial charge on any atom is 0.294 e. The summed E-state index contributed by atoms with van der Waals surface area (Å²) in [6.45, 7) is 3.73. The van der Waals surface area contributed by atoms with Crippen LogP contribution in [0.5, 0.6) is 0 Å². The molecule has 0 unspecified atom stereocenters. The van der Waals surface area contributed by atoms with Gasteiger partial charge in [0.05, 0.1) is 9.83 Å². The smallest absolute Gasteiger partial charge is 0.294 e. The molecular formula is C25H20BrN3O6S. The Morgan fingerprint density at radius 1 is 1.17 bits per heavy atom. The van der Waals surface area contributed by atoms with Gasteiger partial charge in [0, 0.05) is 33.9 Å². The highest BCUT2D eigenvalue weighted by molar-refractivity contribution is 9.10. The van der Waals surface area contributed by atoms with Gasteiger partial charge in [-0.15, -0.1) is 0 Å². The number of nitrogens with one attached hydrogen (secondary N) is 1. The molecule has 4 rings (SSSR count). The number of hydrogen-bond acceptors (Lipinski definition) is 7. The molecule has 1 aliphatic rings. The molecule has 3 amide bonds. The standard InChI is InChI=1S/C25H20BrN3O6S/c1-14(2)15-3-5-16(6-4-15)27-23(30)13-28-24(31)22(36-25(28)32)12-18-8-10-21(35-18)19-9-7-17(29(33)34)11-20(19)26/h3-12,14H,13H2,1-2H3,(H,27,30)/b22-12+. The second-order valence-electron chi connectivity index (χ2n) is 8.22. The molecule has 3 aromatic rings. The fourth-order valence-corrected chi connectivity index (χ4v) is 4.83. The van der Waals surface area contributed by atoms with Crippen LogP contribution in [0.4, 0.5) is 16.2 Å². The predicted octanol–water partition coefficient (Wildman–Crippen LogP) is 6.42. The van der Waals surface area contributed by atoms with Gasteiger partial charge < -0.3 is 9.73 Å². The lowest BCUT2D eigenvalue weighted by molar-refractivity contribution is -0.384. The van der Waals surface area contributed by atoms with Crippen LogP contribution in [0.3, 0.4) is 0 Å². The summed E-state index contributed by atoms with van der Waals surface area (Å²) in [6.07, 6.45) is 1.43. The summed E-state index contributed by atoms with van der Waals surface area (Å²) in [5.41, 5.74) is 2.23. The number of nitro groups is 1. The number of non-ortho nitro benzene ring substituents is 1. The maximum atomic E-state index is 12.8. The summed E-state index contributed by atoms with van der Waals surface area (Å²) in [5, 5.41) is 13.1. The molecule has 11 heteroatoms. The summed E-state index contributed by atoms with van der Waals surface area (Å²) in [4.78, 5) is 49.1. The quantitative estimate of drug-likeness (QED) is 0.198. The average Bonchev–Trinajstić information content (AvgIpc) is 3.39. The SMILES string of the molecule is CC(C)c1ccc(NC(=O)CN2C(=O)S/C(=C/c3ccc(-c4ccc([N+](=O)[O-])cc4Br)o3)C2=O)cc1. The van der Waals surface area contributed by atoms with Gasteiger partial charge in [0.15, 0.2) is 0 Å². The Hall–Kier alpha value is -3.70. The molecule has 2 heterocycles. The minimum Gasteiger partial charge on any atom is -0.457 e. The summed E-state index contributed by atoms with van der Waals surface area (Å²) in [7, 11) is 0. The lowest BCUT2D eigenvalue weighted by Crippen LogP contribution is -2.36. The van der Waals surface area contributed by atoms with Crippen molar-refractivity contribution in [2.24, 2.45) is 0 Å². The van der Waals surface area contributed by atoms with E-state index in [-0.39, 0.29) is 10.6 Å². The van der Waals surface area contributed by atoms with Crippen LogP contribution in [-0.4, -0.2) is 33.4 Å². The number of imide groups is 1. The van der Waals surface area contributed by atoms with Gasteiger partial charge in [0.25, 0.3) is 16.8 Å². The first-order valence-electron chi connectivity index (χ1n) is 10.8. The van der Waals surface area contributed by atoms with Crippen molar-refractivity contribution in [1.82, 2.24) is 4.90 Å². The zero-order valence-corrected chi connectivity index (χ0v) is 21.6. The van der Waals surface area contributed by atoms with Crippen LogP contribution in [0, 0.1) is 10.1 Å². The first-order valence-corrected chi connectivity index (χ1v) is 12.4. The van der Waals surface area contributed by atoms with Crippen molar-refractivity contribution in [1.29, 1.82) is 0 Å². The van der Waals surface area contributed by atoms with Crippen LogP contribution in [0.15, 0.2) is 68.4 Å². The van der Waals surface area contributed by atoms with Gasteiger partial charge >= 0.3 is 0 Å². The maximum absolute atomic E-state index is 12.8. The third-order valence-electron chi connectivity index (χ3n) is 5.37. The van der Waals surface area contributed by atoms with E-state index in [4.69, 9.17) is 4.42 Å². The lowest BCUT2D eigenvalue weighted by Gasteiger charge is -2.13. The summed E-state index contributed by atoms with van der Waals surface area (Å²) in [6, 6.07) is 14.9. The zero-order valence-electron chi connectivity index (χ0n) is 19.2. The second-order valence-corrected chi connectivity index (χ2v) is 10.1. The molecule has 9 nitrogen and oxygen atoms in total. The molecule has 184 valence electrons. The molecular weight excluding hydrogens is 550 g/mol. The predicted molar refractivity (Wildman–Crippen MR) is 140 cm³/mol. The van der Waals surface area contributed by atoms with Crippen molar-refractivity contribution < 1.29 is 23.7 Å². The van der Waals surface area contributed by atoms with Crippen molar-refractivity contribution in [2.45, 2.75) is 19.8 Å². The zero-order chi connectivity index (χ0) is 26.0.